The Labute approximate surface area is 213 Å². The molecule has 35 heavy (non-hydrogen) atoms. The Morgan fingerprint density at radius 3 is 2.46 bits per heavy atom. The van der Waals surface area contributed by atoms with Crippen molar-refractivity contribution in [1.29, 1.82) is 0 Å². The number of piperidine rings is 1. The van der Waals surface area contributed by atoms with Crippen molar-refractivity contribution in [1.82, 2.24) is 9.80 Å². The second kappa shape index (κ2) is 10.5. The van der Waals surface area contributed by atoms with Gasteiger partial charge in [0.1, 0.15) is 0 Å². The van der Waals surface area contributed by atoms with E-state index < -0.39 is 0 Å². The van der Waals surface area contributed by atoms with Crippen LogP contribution in [-0.4, -0.2) is 48.9 Å². The summed E-state index contributed by atoms with van der Waals surface area (Å²) in [6.07, 6.45) is 2.99. The number of carbonyl (C=O) groups excluding carboxylic acids is 1. The van der Waals surface area contributed by atoms with Crippen LogP contribution in [0.25, 0.3) is 0 Å². The van der Waals surface area contributed by atoms with Crippen LogP contribution in [0.1, 0.15) is 52.2 Å². The average Bonchev–Trinajstić information content (AvgIpc) is 3.26. The van der Waals surface area contributed by atoms with E-state index in [4.69, 9.17) is 16.3 Å². The lowest BCUT2D eigenvalue weighted by Crippen LogP contribution is -2.43. The lowest BCUT2D eigenvalue weighted by Gasteiger charge is -2.40. The van der Waals surface area contributed by atoms with Crippen molar-refractivity contribution in [3.63, 3.8) is 0 Å². The zero-order chi connectivity index (χ0) is 24.3. The number of hydrogen-bond donors (Lipinski definition) is 0. The van der Waals surface area contributed by atoms with Gasteiger partial charge in [0.15, 0.2) is 0 Å². The third kappa shape index (κ3) is 5.16. The van der Waals surface area contributed by atoms with Crippen LogP contribution in [0.3, 0.4) is 0 Å². The molecule has 0 aromatic heterocycles. The maximum atomic E-state index is 13.0. The van der Waals surface area contributed by atoms with E-state index in [2.05, 4.69) is 35.2 Å². The first kappa shape index (κ1) is 24.1. The van der Waals surface area contributed by atoms with Crippen molar-refractivity contribution in [2.24, 2.45) is 0 Å². The van der Waals surface area contributed by atoms with Crippen LogP contribution in [0.2, 0.25) is 5.02 Å². The highest BCUT2D eigenvalue weighted by atomic mass is 35.5. The minimum Gasteiger partial charge on any atom is -0.365 e. The molecule has 1 amide bonds. The number of carbonyl (C=O) groups is 1. The Bertz CT molecular complexity index is 1160. The predicted octanol–water partition coefficient (Wildman–Crippen LogP) is 6.11. The van der Waals surface area contributed by atoms with Crippen molar-refractivity contribution in [3.8, 4) is 0 Å². The van der Waals surface area contributed by atoms with Gasteiger partial charge in [0.25, 0.3) is 5.91 Å². The highest BCUT2D eigenvalue weighted by Crippen LogP contribution is 2.44. The Morgan fingerprint density at radius 1 is 1.00 bits per heavy atom. The van der Waals surface area contributed by atoms with Crippen LogP contribution in [0.5, 0.6) is 0 Å². The lowest BCUT2D eigenvalue weighted by atomic mass is 9.83. The quantitative estimate of drug-likeness (QED) is 0.402. The molecule has 1 atom stereocenters. The number of hydrogen-bond acceptors (Lipinski definition) is 3. The number of likely N-dealkylation sites (tertiary alicyclic amines) is 1. The molecule has 2 heterocycles. The fourth-order valence-electron chi connectivity index (χ4n) is 5.64. The van der Waals surface area contributed by atoms with Crippen LogP contribution in [0.4, 0.5) is 0 Å². The number of ether oxygens (including phenoxy) is 1. The van der Waals surface area contributed by atoms with Gasteiger partial charge in [-0.15, -0.1) is 0 Å². The van der Waals surface area contributed by atoms with Gasteiger partial charge in [0.05, 0.1) is 12.2 Å². The fraction of sp³-hybridized carbons (Fsp3) is 0.367. The summed E-state index contributed by atoms with van der Waals surface area (Å²) in [7, 11) is 1.89. The van der Waals surface area contributed by atoms with E-state index in [1.54, 1.807) is 0 Å². The van der Waals surface area contributed by atoms with Gasteiger partial charge in [0.2, 0.25) is 0 Å². The topological polar surface area (TPSA) is 32.8 Å². The van der Waals surface area contributed by atoms with E-state index in [0.717, 1.165) is 56.1 Å². The molecule has 0 bridgehead atoms. The van der Waals surface area contributed by atoms with E-state index in [1.165, 1.54) is 11.1 Å². The number of rotatable bonds is 7. The van der Waals surface area contributed by atoms with Gasteiger partial charge in [-0.3, -0.25) is 4.79 Å². The standard InChI is InChI=1S/C30H33ClN2O2/c1-32(29(34)23-9-3-2-4-10-23)21-24(26-12-6-8-14-28(26)31)15-18-33-19-16-30(17-20-33)27-13-7-5-11-25(27)22-35-30/h2-14,24H,15-22H2,1H3. The Morgan fingerprint density at radius 2 is 1.69 bits per heavy atom. The van der Waals surface area contributed by atoms with Crippen molar-refractivity contribution in [3.05, 3.63) is 106 Å². The maximum Gasteiger partial charge on any atom is 0.253 e. The zero-order valence-corrected chi connectivity index (χ0v) is 21.1. The average molecular weight is 489 g/mol. The van der Waals surface area contributed by atoms with Crippen molar-refractivity contribution < 1.29 is 9.53 Å². The maximum absolute atomic E-state index is 13.0. The molecule has 3 aromatic rings. The highest BCUT2D eigenvalue weighted by molar-refractivity contribution is 6.31. The molecule has 5 heteroatoms. The number of likely N-dealkylation sites (N-methyl/N-ethyl adjacent to an activating group) is 1. The van der Waals surface area contributed by atoms with Gasteiger partial charge >= 0.3 is 0 Å². The van der Waals surface area contributed by atoms with Crippen LogP contribution in [0.15, 0.2) is 78.9 Å². The Balaban J connectivity index is 1.24. The van der Waals surface area contributed by atoms with E-state index in [0.29, 0.717) is 12.1 Å². The third-order valence-corrected chi connectivity index (χ3v) is 8.02. The molecule has 1 fully saturated rings. The molecular weight excluding hydrogens is 456 g/mol. The number of fused-ring (bicyclic) bond motifs is 2. The summed E-state index contributed by atoms with van der Waals surface area (Å²) in [6, 6.07) is 26.2. The zero-order valence-electron chi connectivity index (χ0n) is 20.3. The third-order valence-electron chi connectivity index (χ3n) is 7.68. The van der Waals surface area contributed by atoms with Crippen molar-refractivity contribution in [2.75, 3.05) is 33.2 Å². The summed E-state index contributed by atoms with van der Waals surface area (Å²) in [5.41, 5.74) is 4.44. The molecule has 0 saturated carbocycles. The summed E-state index contributed by atoms with van der Waals surface area (Å²) < 4.78 is 6.34. The minimum atomic E-state index is -0.114. The van der Waals surface area contributed by atoms with Crippen molar-refractivity contribution >= 4 is 17.5 Å². The predicted molar refractivity (Wildman–Crippen MR) is 141 cm³/mol. The molecule has 5 rings (SSSR count). The van der Waals surface area contributed by atoms with Gasteiger partial charge in [-0.1, -0.05) is 72.3 Å². The number of benzene rings is 3. The molecule has 1 saturated heterocycles. The molecule has 4 nitrogen and oxygen atoms in total. The van der Waals surface area contributed by atoms with Crippen LogP contribution in [-0.2, 0) is 16.9 Å². The molecule has 0 aliphatic carbocycles. The van der Waals surface area contributed by atoms with Gasteiger partial charge in [-0.2, -0.15) is 0 Å². The van der Waals surface area contributed by atoms with Crippen LogP contribution in [0, 0.1) is 0 Å². The van der Waals surface area contributed by atoms with Gasteiger partial charge in [-0.05, 0) is 60.7 Å². The Kier molecular flexibility index (Phi) is 7.24. The second-order valence-electron chi connectivity index (χ2n) is 9.84. The Hall–Kier alpha value is -2.66. The molecule has 1 unspecified atom stereocenters. The monoisotopic (exact) mass is 488 g/mol. The first-order valence-electron chi connectivity index (χ1n) is 12.6. The number of nitrogens with zero attached hydrogens (tertiary/aromatic N) is 2. The molecular formula is C30H33ClN2O2. The van der Waals surface area contributed by atoms with E-state index in [1.807, 2.05) is 60.5 Å². The van der Waals surface area contributed by atoms with E-state index in [-0.39, 0.29) is 17.4 Å². The van der Waals surface area contributed by atoms with Gasteiger partial charge in [-0.25, -0.2) is 0 Å². The number of amides is 1. The molecule has 0 N–H and O–H groups in total. The SMILES string of the molecule is CN(CC(CCN1CCC2(CC1)OCc1ccccc12)c1ccccc1Cl)C(=O)c1ccccc1. The molecule has 3 aromatic carbocycles. The number of halogens is 1. The first-order chi connectivity index (χ1) is 17.1. The fourth-order valence-corrected chi connectivity index (χ4v) is 5.93. The normalized spacial score (nSPS) is 17.8. The summed E-state index contributed by atoms with van der Waals surface area (Å²) >= 11 is 6.62. The first-order valence-corrected chi connectivity index (χ1v) is 12.9. The summed E-state index contributed by atoms with van der Waals surface area (Å²) in [5.74, 6) is 0.209. The summed E-state index contributed by atoms with van der Waals surface area (Å²) in [6.45, 7) is 4.37. The largest absolute Gasteiger partial charge is 0.365 e. The summed E-state index contributed by atoms with van der Waals surface area (Å²) in [5, 5.41) is 0.770. The van der Waals surface area contributed by atoms with Gasteiger partial charge < -0.3 is 14.5 Å². The highest BCUT2D eigenvalue weighted by Gasteiger charge is 2.42. The summed E-state index contributed by atoms with van der Waals surface area (Å²) in [4.78, 5) is 17.4. The van der Waals surface area contributed by atoms with E-state index in [9.17, 15) is 4.79 Å². The lowest BCUT2D eigenvalue weighted by molar-refractivity contribution is -0.0790. The molecule has 2 aliphatic heterocycles. The molecule has 2 aliphatic rings. The van der Waals surface area contributed by atoms with E-state index >= 15 is 0 Å². The van der Waals surface area contributed by atoms with Crippen LogP contribution < -0.4 is 0 Å². The van der Waals surface area contributed by atoms with Gasteiger partial charge in [0, 0.05) is 43.2 Å². The molecule has 0 radical (unpaired) electrons. The smallest absolute Gasteiger partial charge is 0.253 e. The van der Waals surface area contributed by atoms with Crippen LogP contribution >= 0.6 is 11.6 Å². The molecule has 1 spiro atoms. The second-order valence-corrected chi connectivity index (χ2v) is 10.2. The molecule has 182 valence electrons. The van der Waals surface area contributed by atoms with Crippen molar-refractivity contribution in [2.45, 2.75) is 37.4 Å². The minimum absolute atomic E-state index is 0.0413.